The first-order valence-electron chi connectivity index (χ1n) is 9.27. The van der Waals surface area contributed by atoms with Crippen LogP contribution < -0.4 is 10.6 Å². The highest BCUT2D eigenvalue weighted by Gasteiger charge is 2.42. The highest BCUT2D eigenvalue weighted by Crippen LogP contribution is 2.38. The van der Waals surface area contributed by atoms with E-state index in [0.29, 0.717) is 31.5 Å². The Balaban J connectivity index is 1.56. The molecular weight excluding hydrogens is 411 g/mol. The second-order valence-electron chi connectivity index (χ2n) is 7.63. The Labute approximate surface area is 170 Å². The Morgan fingerprint density at radius 2 is 1.93 bits per heavy atom. The van der Waals surface area contributed by atoms with Gasteiger partial charge < -0.3 is 10.2 Å². The summed E-state index contributed by atoms with van der Waals surface area (Å²) in [4.78, 5) is 37.2. The maximum atomic E-state index is 13.1. The predicted molar refractivity (Wildman–Crippen MR) is 99.3 cm³/mol. The van der Waals surface area contributed by atoms with Crippen molar-refractivity contribution in [3.63, 3.8) is 0 Å². The Morgan fingerprint density at radius 1 is 1.28 bits per heavy atom. The Kier molecular flexibility index (Phi) is 5.80. The quantitative estimate of drug-likeness (QED) is 0.717. The van der Waals surface area contributed by atoms with Crippen LogP contribution in [-0.2, 0) is 15.8 Å². The van der Waals surface area contributed by atoms with Crippen molar-refractivity contribution in [2.24, 2.45) is 0 Å². The fourth-order valence-corrected chi connectivity index (χ4v) is 3.97. The van der Waals surface area contributed by atoms with E-state index >= 15 is 0 Å². The topological polar surface area (TPSA) is 78.5 Å². The zero-order chi connectivity index (χ0) is 21.4. The number of benzene rings is 1. The van der Waals surface area contributed by atoms with Gasteiger partial charge in [0.2, 0.25) is 5.91 Å². The maximum absolute atomic E-state index is 13.1. The molecule has 1 aromatic carbocycles. The molecule has 2 aliphatic heterocycles. The number of imide groups is 1. The van der Waals surface area contributed by atoms with E-state index in [0.717, 1.165) is 6.07 Å². The number of amides is 4. The van der Waals surface area contributed by atoms with E-state index in [1.807, 2.05) is 0 Å². The van der Waals surface area contributed by atoms with Gasteiger partial charge in [0, 0.05) is 19.5 Å². The zero-order valence-electron chi connectivity index (χ0n) is 15.7. The van der Waals surface area contributed by atoms with Crippen LogP contribution in [0.3, 0.4) is 0 Å². The lowest BCUT2D eigenvalue weighted by Gasteiger charge is -2.33. The van der Waals surface area contributed by atoms with Gasteiger partial charge in [-0.3, -0.25) is 14.9 Å². The van der Waals surface area contributed by atoms with Crippen LogP contribution >= 0.6 is 11.6 Å². The number of rotatable bonds is 4. The van der Waals surface area contributed by atoms with Gasteiger partial charge in [-0.05, 0) is 49.8 Å². The number of carbonyl (C=O) groups is 3. The predicted octanol–water partition coefficient (Wildman–Crippen LogP) is 3.44. The van der Waals surface area contributed by atoms with E-state index in [-0.39, 0.29) is 29.7 Å². The van der Waals surface area contributed by atoms with E-state index in [1.165, 1.54) is 6.07 Å². The van der Waals surface area contributed by atoms with Crippen LogP contribution in [0, 0.1) is 0 Å². The lowest BCUT2D eigenvalue weighted by molar-refractivity contribution is -0.137. The number of halogens is 4. The van der Waals surface area contributed by atoms with E-state index in [1.54, 1.807) is 17.9 Å². The molecule has 158 valence electrons. The van der Waals surface area contributed by atoms with Crippen molar-refractivity contribution in [2.45, 2.75) is 50.2 Å². The van der Waals surface area contributed by atoms with Gasteiger partial charge >= 0.3 is 12.2 Å². The largest absolute Gasteiger partial charge is 0.417 e. The summed E-state index contributed by atoms with van der Waals surface area (Å²) < 4.78 is 39.2. The molecule has 0 saturated carbocycles. The van der Waals surface area contributed by atoms with E-state index in [4.69, 9.17) is 11.6 Å². The lowest BCUT2D eigenvalue weighted by atomic mass is 9.88. The molecule has 0 bridgehead atoms. The Morgan fingerprint density at radius 3 is 2.48 bits per heavy atom. The molecule has 6 nitrogen and oxygen atoms in total. The van der Waals surface area contributed by atoms with E-state index < -0.39 is 29.2 Å². The molecule has 2 saturated heterocycles. The van der Waals surface area contributed by atoms with Crippen molar-refractivity contribution in [1.29, 1.82) is 0 Å². The van der Waals surface area contributed by atoms with Crippen LogP contribution in [0.2, 0.25) is 5.02 Å². The average molecular weight is 432 g/mol. The summed E-state index contributed by atoms with van der Waals surface area (Å²) in [6.45, 7) is 2.40. The van der Waals surface area contributed by atoms with Gasteiger partial charge in [-0.2, -0.15) is 13.2 Å². The molecular formula is C19H21ClF3N3O3. The summed E-state index contributed by atoms with van der Waals surface area (Å²) in [6.07, 6.45) is -3.16. The number of nitrogens with zero attached hydrogens (tertiary/aromatic N) is 1. The van der Waals surface area contributed by atoms with Crippen molar-refractivity contribution in [1.82, 2.24) is 15.5 Å². The van der Waals surface area contributed by atoms with Crippen molar-refractivity contribution in [3.8, 4) is 0 Å². The second kappa shape index (κ2) is 7.85. The highest BCUT2D eigenvalue weighted by atomic mass is 35.5. The SMILES string of the molecule is C[C@]1(CCC(=O)N2CCC(c3ccc(Cl)c(C(F)(F)F)c3)CC2)NC(=O)NC1=O. The van der Waals surface area contributed by atoms with E-state index in [9.17, 15) is 27.6 Å². The smallest absolute Gasteiger partial charge is 0.343 e. The number of carbonyl (C=O) groups excluding carboxylic acids is 3. The first-order valence-corrected chi connectivity index (χ1v) is 9.65. The van der Waals surface area contributed by atoms with Crippen molar-refractivity contribution in [3.05, 3.63) is 34.3 Å². The van der Waals surface area contributed by atoms with Crippen LogP contribution in [0.4, 0.5) is 18.0 Å². The molecule has 1 aromatic rings. The fraction of sp³-hybridized carbons (Fsp3) is 0.526. The molecule has 0 aromatic heterocycles. The first kappa shape index (κ1) is 21.4. The summed E-state index contributed by atoms with van der Waals surface area (Å²) in [5.74, 6) is -0.697. The summed E-state index contributed by atoms with van der Waals surface area (Å²) in [7, 11) is 0. The molecule has 2 fully saturated rings. The molecule has 2 N–H and O–H groups in total. The second-order valence-corrected chi connectivity index (χ2v) is 8.04. The number of alkyl halides is 3. The zero-order valence-corrected chi connectivity index (χ0v) is 16.5. The summed E-state index contributed by atoms with van der Waals surface area (Å²) in [5, 5.41) is 4.34. The van der Waals surface area contributed by atoms with E-state index in [2.05, 4.69) is 10.6 Å². The molecule has 0 aliphatic carbocycles. The van der Waals surface area contributed by atoms with Crippen molar-refractivity contribution in [2.75, 3.05) is 13.1 Å². The van der Waals surface area contributed by atoms with Gasteiger partial charge in [0.25, 0.3) is 5.91 Å². The molecule has 2 aliphatic rings. The van der Waals surface area contributed by atoms with Crippen LogP contribution in [0.25, 0.3) is 0 Å². The minimum absolute atomic E-state index is 0.0881. The number of nitrogens with one attached hydrogen (secondary N) is 2. The number of likely N-dealkylation sites (tertiary alicyclic amines) is 1. The molecule has 0 radical (unpaired) electrons. The van der Waals surface area contributed by atoms with Gasteiger partial charge in [-0.25, -0.2) is 4.79 Å². The number of hydrogen-bond acceptors (Lipinski definition) is 3. The number of piperidine rings is 1. The van der Waals surface area contributed by atoms with Crippen LogP contribution in [-0.4, -0.2) is 41.4 Å². The van der Waals surface area contributed by atoms with Crippen LogP contribution in [0.1, 0.15) is 49.7 Å². The standard InChI is InChI=1S/C19H21ClF3N3O3/c1-18(16(28)24-17(29)25-18)7-4-15(27)26-8-5-11(6-9-26)12-2-3-14(20)13(10-12)19(21,22)23/h2-3,10-11H,4-9H2,1H3,(H2,24,25,28,29)/t18-/m1/s1. The Hall–Kier alpha value is -2.29. The fourth-order valence-electron chi connectivity index (χ4n) is 3.75. The number of hydrogen-bond donors (Lipinski definition) is 2. The molecule has 3 rings (SSSR count). The number of urea groups is 1. The molecule has 29 heavy (non-hydrogen) atoms. The van der Waals surface area contributed by atoms with Gasteiger partial charge in [0.15, 0.2) is 0 Å². The monoisotopic (exact) mass is 431 g/mol. The molecule has 2 heterocycles. The molecule has 1 atom stereocenters. The Bertz CT molecular complexity index is 838. The minimum Gasteiger partial charge on any atom is -0.343 e. The highest BCUT2D eigenvalue weighted by molar-refractivity contribution is 6.31. The van der Waals surface area contributed by atoms with Gasteiger partial charge in [0.1, 0.15) is 5.54 Å². The third-order valence-corrected chi connectivity index (χ3v) is 5.90. The molecule has 0 unspecified atom stereocenters. The summed E-state index contributed by atoms with van der Waals surface area (Å²) in [5.41, 5.74) is -1.39. The molecule has 4 amide bonds. The summed E-state index contributed by atoms with van der Waals surface area (Å²) in [6, 6.07) is 3.38. The van der Waals surface area contributed by atoms with Gasteiger partial charge in [-0.1, -0.05) is 17.7 Å². The normalized spacial score (nSPS) is 23.1. The van der Waals surface area contributed by atoms with Gasteiger partial charge in [-0.15, -0.1) is 0 Å². The van der Waals surface area contributed by atoms with Crippen LogP contribution in [0.5, 0.6) is 0 Å². The molecule has 0 spiro atoms. The van der Waals surface area contributed by atoms with Crippen molar-refractivity contribution >= 4 is 29.4 Å². The minimum atomic E-state index is -4.51. The third-order valence-electron chi connectivity index (χ3n) is 5.57. The maximum Gasteiger partial charge on any atom is 0.417 e. The molecule has 10 heteroatoms. The first-order chi connectivity index (χ1) is 13.5. The van der Waals surface area contributed by atoms with Gasteiger partial charge in [0.05, 0.1) is 10.6 Å². The summed E-state index contributed by atoms with van der Waals surface area (Å²) >= 11 is 5.68. The third kappa shape index (κ3) is 4.66. The van der Waals surface area contributed by atoms with Crippen LogP contribution in [0.15, 0.2) is 18.2 Å². The average Bonchev–Trinajstić information content (AvgIpc) is 2.91. The lowest BCUT2D eigenvalue weighted by Crippen LogP contribution is -2.45. The van der Waals surface area contributed by atoms with Crippen molar-refractivity contribution < 1.29 is 27.6 Å².